The first-order valence-electron chi connectivity index (χ1n) is 7.00. The number of phenolic OH excluding ortho intramolecular Hbond substituents is 1. The van der Waals surface area contributed by atoms with E-state index in [9.17, 15) is 5.11 Å². The van der Waals surface area contributed by atoms with E-state index >= 15 is 0 Å². The van der Waals surface area contributed by atoms with Gasteiger partial charge >= 0.3 is 0 Å². The van der Waals surface area contributed by atoms with Crippen LogP contribution >= 0.6 is 0 Å². The molecule has 1 aliphatic heterocycles. The topological polar surface area (TPSA) is 44.7 Å². The Kier molecular flexibility index (Phi) is 5.19. The summed E-state index contributed by atoms with van der Waals surface area (Å²) in [5.41, 5.74) is 1.20. The molecule has 1 fully saturated rings. The van der Waals surface area contributed by atoms with Gasteiger partial charge in [-0.2, -0.15) is 0 Å². The molecule has 1 aliphatic rings. The number of morpholine rings is 1. The lowest BCUT2D eigenvalue weighted by Gasteiger charge is -2.30. The van der Waals surface area contributed by atoms with Gasteiger partial charge in [0.05, 0.1) is 13.2 Å². The zero-order chi connectivity index (χ0) is 13.7. The van der Waals surface area contributed by atoms with Gasteiger partial charge < -0.3 is 15.2 Å². The van der Waals surface area contributed by atoms with Crippen LogP contribution in [0.2, 0.25) is 0 Å². The van der Waals surface area contributed by atoms with Crippen molar-refractivity contribution >= 4 is 0 Å². The molecule has 0 amide bonds. The van der Waals surface area contributed by atoms with Gasteiger partial charge in [-0.15, -0.1) is 0 Å². The summed E-state index contributed by atoms with van der Waals surface area (Å²) in [5.74, 6) is 0.317. The van der Waals surface area contributed by atoms with Crippen LogP contribution in [0.5, 0.6) is 5.75 Å². The minimum absolute atomic E-state index is 0.289. The molecule has 1 saturated heterocycles. The number of rotatable bonds is 5. The smallest absolute Gasteiger partial charge is 0.115 e. The second-order valence-corrected chi connectivity index (χ2v) is 5.29. The number of hydrogen-bond acceptors (Lipinski definition) is 4. The number of hydrogen-bond donors (Lipinski definition) is 2. The Bertz CT molecular complexity index is 374. The molecule has 0 spiro atoms. The van der Waals surface area contributed by atoms with E-state index in [2.05, 4.69) is 24.1 Å². The van der Waals surface area contributed by atoms with Crippen LogP contribution in [0.25, 0.3) is 0 Å². The van der Waals surface area contributed by atoms with Gasteiger partial charge in [0.1, 0.15) is 5.75 Å². The lowest BCUT2D eigenvalue weighted by atomic mass is 10.1. The van der Waals surface area contributed by atoms with Gasteiger partial charge in [0.15, 0.2) is 0 Å². The van der Waals surface area contributed by atoms with E-state index < -0.39 is 0 Å². The quantitative estimate of drug-likeness (QED) is 0.850. The van der Waals surface area contributed by atoms with E-state index in [1.54, 1.807) is 12.1 Å². The number of nitrogens with one attached hydrogen (secondary N) is 1. The minimum atomic E-state index is 0.289. The predicted octanol–water partition coefficient (Wildman–Crippen LogP) is 1.76. The van der Waals surface area contributed by atoms with Crippen molar-refractivity contribution in [2.24, 2.45) is 0 Å². The summed E-state index contributed by atoms with van der Waals surface area (Å²) in [6.07, 6.45) is 0. The Morgan fingerprint density at radius 3 is 2.47 bits per heavy atom. The van der Waals surface area contributed by atoms with E-state index in [1.165, 1.54) is 5.56 Å². The second-order valence-electron chi connectivity index (χ2n) is 5.29. The van der Waals surface area contributed by atoms with Crippen molar-refractivity contribution in [2.45, 2.75) is 25.9 Å². The van der Waals surface area contributed by atoms with Crippen LogP contribution < -0.4 is 5.32 Å². The third-order valence-corrected chi connectivity index (χ3v) is 3.56. The molecule has 0 aliphatic carbocycles. The lowest BCUT2D eigenvalue weighted by Crippen LogP contribution is -2.44. The fourth-order valence-electron chi connectivity index (χ4n) is 2.51. The van der Waals surface area contributed by atoms with Crippen molar-refractivity contribution in [3.63, 3.8) is 0 Å². The Hall–Kier alpha value is -1.10. The molecule has 4 nitrogen and oxygen atoms in total. The molecule has 0 aromatic heterocycles. The van der Waals surface area contributed by atoms with Gasteiger partial charge in [-0.3, -0.25) is 4.90 Å². The number of aromatic hydroxyl groups is 1. The third-order valence-electron chi connectivity index (χ3n) is 3.56. The molecule has 0 radical (unpaired) electrons. The largest absolute Gasteiger partial charge is 0.508 e. The van der Waals surface area contributed by atoms with Gasteiger partial charge in [-0.1, -0.05) is 12.1 Å². The SMILES string of the molecule is CC(CN1CCOCC1)NC(C)c1ccc(O)cc1. The van der Waals surface area contributed by atoms with Crippen LogP contribution in [0.15, 0.2) is 24.3 Å². The third kappa shape index (κ3) is 4.49. The summed E-state index contributed by atoms with van der Waals surface area (Å²) in [5, 5.41) is 12.9. The lowest BCUT2D eigenvalue weighted by molar-refractivity contribution is 0.0339. The Labute approximate surface area is 115 Å². The molecule has 2 rings (SSSR count). The molecule has 4 heteroatoms. The highest BCUT2D eigenvalue weighted by molar-refractivity contribution is 5.27. The van der Waals surface area contributed by atoms with Crippen LogP contribution in [0.1, 0.15) is 25.5 Å². The van der Waals surface area contributed by atoms with E-state index in [1.807, 2.05) is 12.1 Å². The first-order valence-corrected chi connectivity index (χ1v) is 7.00. The Balaban J connectivity index is 1.80. The Morgan fingerprint density at radius 2 is 1.84 bits per heavy atom. The van der Waals surface area contributed by atoms with Crippen molar-refractivity contribution in [1.29, 1.82) is 0 Å². The van der Waals surface area contributed by atoms with Gasteiger partial charge in [-0.05, 0) is 31.5 Å². The highest BCUT2D eigenvalue weighted by Gasteiger charge is 2.15. The van der Waals surface area contributed by atoms with Crippen LogP contribution in [0.4, 0.5) is 0 Å². The molecule has 0 saturated carbocycles. The molecule has 2 atom stereocenters. The van der Waals surface area contributed by atoms with E-state index in [4.69, 9.17) is 4.74 Å². The van der Waals surface area contributed by atoms with Gasteiger partial charge in [0, 0.05) is 31.7 Å². The van der Waals surface area contributed by atoms with Crippen LogP contribution in [-0.2, 0) is 4.74 Å². The van der Waals surface area contributed by atoms with Gasteiger partial charge in [-0.25, -0.2) is 0 Å². The summed E-state index contributed by atoms with van der Waals surface area (Å²) in [4.78, 5) is 2.44. The fourth-order valence-corrected chi connectivity index (χ4v) is 2.51. The fraction of sp³-hybridized carbons (Fsp3) is 0.600. The summed E-state index contributed by atoms with van der Waals surface area (Å²) in [7, 11) is 0. The maximum Gasteiger partial charge on any atom is 0.115 e. The van der Waals surface area contributed by atoms with Gasteiger partial charge in [0.25, 0.3) is 0 Å². The van der Waals surface area contributed by atoms with Crippen LogP contribution in [0, 0.1) is 0 Å². The van der Waals surface area contributed by atoms with Crippen molar-refractivity contribution in [3.05, 3.63) is 29.8 Å². The highest BCUT2D eigenvalue weighted by Crippen LogP contribution is 2.17. The molecule has 1 aromatic carbocycles. The van der Waals surface area contributed by atoms with Crippen LogP contribution in [0.3, 0.4) is 0 Å². The molecule has 106 valence electrons. The maximum absolute atomic E-state index is 9.30. The predicted molar refractivity (Wildman–Crippen MR) is 76.4 cm³/mol. The number of nitrogens with zero attached hydrogens (tertiary/aromatic N) is 1. The summed E-state index contributed by atoms with van der Waals surface area (Å²) >= 11 is 0. The monoisotopic (exact) mass is 264 g/mol. The van der Waals surface area contributed by atoms with Gasteiger partial charge in [0.2, 0.25) is 0 Å². The van der Waals surface area contributed by atoms with Crippen molar-refractivity contribution in [3.8, 4) is 5.75 Å². The summed E-state index contributed by atoms with van der Waals surface area (Å²) < 4.78 is 5.36. The van der Waals surface area contributed by atoms with E-state index in [0.717, 1.165) is 32.8 Å². The van der Waals surface area contributed by atoms with Crippen LogP contribution in [-0.4, -0.2) is 48.9 Å². The molecule has 2 N–H and O–H groups in total. The summed E-state index contributed by atoms with van der Waals surface area (Å²) in [6.45, 7) is 9.17. The second kappa shape index (κ2) is 6.89. The zero-order valence-corrected chi connectivity index (χ0v) is 11.8. The molecule has 1 aromatic rings. The van der Waals surface area contributed by atoms with E-state index in [-0.39, 0.29) is 6.04 Å². The summed E-state index contributed by atoms with van der Waals surface area (Å²) in [6, 6.07) is 8.13. The van der Waals surface area contributed by atoms with Crippen molar-refractivity contribution < 1.29 is 9.84 Å². The zero-order valence-electron chi connectivity index (χ0n) is 11.8. The average Bonchev–Trinajstić information content (AvgIpc) is 2.40. The molecular formula is C15H24N2O2. The van der Waals surface area contributed by atoms with Crippen molar-refractivity contribution in [1.82, 2.24) is 10.2 Å². The molecule has 0 bridgehead atoms. The van der Waals surface area contributed by atoms with Crippen molar-refractivity contribution in [2.75, 3.05) is 32.8 Å². The number of ether oxygens (including phenoxy) is 1. The first-order chi connectivity index (χ1) is 9.15. The minimum Gasteiger partial charge on any atom is -0.508 e. The molecule has 1 heterocycles. The standard InChI is InChI=1S/C15H24N2O2/c1-12(11-17-7-9-19-10-8-17)16-13(2)14-3-5-15(18)6-4-14/h3-6,12-13,16,18H,7-11H2,1-2H3. The Morgan fingerprint density at radius 1 is 1.21 bits per heavy atom. The number of benzene rings is 1. The molecular weight excluding hydrogens is 240 g/mol. The number of phenols is 1. The maximum atomic E-state index is 9.30. The first kappa shape index (κ1) is 14.3. The molecule has 19 heavy (non-hydrogen) atoms. The molecule has 2 unspecified atom stereocenters. The normalized spacial score (nSPS) is 20.1. The average molecular weight is 264 g/mol. The van der Waals surface area contributed by atoms with E-state index in [0.29, 0.717) is 11.8 Å². The highest BCUT2D eigenvalue weighted by atomic mass is 16.5.